The number of carbonyl (C=O) groups excluding carboxylic acids is 1. The van der Waals surface area contributed by atoms with E-state index in [0.717, 1.165) is 16.5 Å². The van der Waals surface area contributed by atoms with Gasteiger partial charge in [0.25, 0.3) is 5.56 Å². The van der Waals surface area contributed by atoms with Crippen LogP contribution in [-0.4, -0.2) is 27.6 Å². The van der Waals surface area contributed by atoms with Crippen molar-refractivity contribution in [3.8, 4) is 17.4 Å². The average Bonchev–Trinajstić information content (AvgIpc) is 3.06. The topological polar surface area (TPSA) is 86.2 Å². The van der Waals surface area contributed by atoms with E-state index in [1.165, 1.54) is 6.92 Å². The number of rotatable bonds is 2. The largest absolute Gasteiger partial charge is 0.497 e. The zero-order chi connectivity index (χ0) is 21.0. The summed E-state index contributed by atoms with van der Waals surface area (Å²) >= 11 is 0. The van der Waals surface area contributed by atoms with Crippen molar-refractivity contribution in [3.63, 3.8) is 0 Å². The first-order valence-electron chi connectivity index (χ1n) is 9.56. The Kier molecular flexibility index (Phi) is 3.99. The molecule has 0 saturated heterocycles. The summed E-state index contributed by atoms with van der Waals surface area (Å²) in [4.78, 5) is 32.9. The average molecular weight is 401 g/mol. The first-order chi connectivity index (χ1) is 14.5. The van der Waals surface area contributed by atoms with Crippen molar-refractivity contribution in [1.82, 2.24) is 14.5 Å². The first kappa shape index (κ1) is 18.2. The molecule has 2 aromatic carbocycles. The van der Waals surface area contributed by atoms with Gasteiger partial charge in [0.1, 0.15) is 11.6 Å². The van der Waals surface area contributed by atoms with Crippen LogP contribution >= 0.6 is 0 Å². The van der Waals surface area contributed by atoms with Gasteiger partial charge in [-0.1, -0.05) is 24.3 Å². The molecule has 7 heteroatoms. The van der Waals surface area contributed by atoms with Crippen LogP contribution in [-0.2, 0) is 0 Å². The molecule has 4 aromatic rings. The summed E-state index contributed by atoms with van der Waals surface area (Å²) in [5, 5.41) is 0.798. The summed E-state index contributed by atoms with van der Waals surface area (Å²) in [7, 11) is 1.60. The van der Waals surface area contributed by atoms with Gasteiger partial charge in [-0.3, -0.25) is 14.2 Å². The Bertz CT molecular complexity index is 1370. The SMILES string of the molecule is COc1ccc(C2c3c(nc(C)[nH]c3=O)Oc3c2n(C(C)=O)c2ccccc32)cc1. The highest BCUT2D eigenvalue weighted by Crippen LogP contribution is 2.49. The van der Waals surface area contributed by atoms with Crippen LogP contribution in [0.1, 0.15) is 40.3 Å². The van der Waals surface area contributed by atoms with Gasteiger partial charge in [0.2, 0.25) is 11.8 Å². The van der Waals surface area contributed by atoms with Crippen LogP contribution in [0.2, 0.25) is 0 Å². The third-order valence-corrected chi connectivity index (χ3v) is 5.43. The van der Waals surface area contributed by atoms with E-state index in [-0.39, 0.29) is 17.3 Å². The van der Waals surface area contributed by atoms with Crippen molar-refractivity contribution < 1.29 is 14.3 Å². The molecule has 0 bridgehead atoms. The number of methoxy groups -OCH3 is 1. The summed E-state index contributed by atoms with van der Waals surface area (Å²) < 4.78 is 13.1. The van der Waals surface area contributed by atoms with E-state index >= 15 is 0 Å². The van der Waals surface area contributed by atoms with Gasteiger partial charge in [-0.15, -0.1) is 0 Å². The number of ether oxygens (including phenoxy) is 2. The third kappa shape index (κ3) is 2.55. The summed E-state index contributed by atoms with van der Waals surface area (Å²) in [6.07, 6.45) is 0. The minimum absolute atomic E-state index is 0.158. The number of aryl methyl sites for hydroxylation is 1. The van der Waals surface area contributed by atoms with Crippen LogP contribution in [0.4, 0.5) is 0 Å². The molecule has 1 unspecified atom stereocenters. The van der Waals surface area contributed by atoms with Crippen LogP contribution in [0.15, 0.2) is 53.3 Å². The Morgan fingerprint density at radius 2 is 1.90 bits per heavy atom. The second-order valence-corrected chi connectivity index (χ2v) is 7.26. The molecule has 5 rings (SSSR count). The number of carbonyl (C=O) groups is 1. The van der Waals surface area contributed by atoms with Crippen molar-refractivity contribution in [2.75, 3.05) is 7.11 Å². The number of hydrogen-bond acceptors (Lipinski definition) is 5. The van der Waals surface area contributed by atoms with E-state index in [1.54, 1.807) is 18.6 Å². The molecule has 1 N–H and O–H groups in total. The van der Waals surface area contributed by atoms with Gasteiger partial charge in [-0.25, -0.2) is 0 Å². The molecule has 0 saturated carbocycles. The predicted octanol–water partition coefficient (Wildman–Crippen LogP) is 3.99. The van der Waals surface area contributed by atoms with Crippen molar-refractivity contribution in [2.45, 2.75) is 19.8 Å². The lowest BCUT2D eigenvalue weighted by Gasteiger charge is -2.26. The minimum Gasteiger partial charge on any atom is -0.497 e. The Hall–Kier alpha value is -3.87. The summed E-state index contributed by atoms with van der Waals surface area (Å²) in [6, 6.07) is 15.0. The molecule has 7 nitrogen and oxygen atoms in total. The Morgan fingerprint density at radius 3 is 2.60 bits per heavy atom. The van der Waals surface area contributed by atoms with Gasteiger partial charge in [-0.05, 0) is 36.8 Å². The minimum atomic E-state index is -0.525. The van der Waals surface area contributed by atoms with Crippen LogP contribution < -0.4 is 15.0 Å². The number of para-hydroxylation sites is 1. The molecule has 1 atom stereocenters. The Balaban J connectivity index is 1.90. The maximum Gasteiger partial charge on any atom is 0.258 e. The van der Waals surface area contributed by atoms with E-state index in [0.29, 0.717) is 28.6 Å². The summed E-state index contributed by atoms with van der Waals surface area (Å²) in [5.41, 5.74) is 2.28. The third-order valence-electron chi connectivity index (χ3n) is 5.43. The highest BCUT2D eigenvalue weighted by Gasteiger charge is 2.38. The van der Waals surface area contributed by atoms with Crippen molar-refractivity contribution in [2.24, 2.45) is 0 Å². The molecule has 1 aliphatic rings. The lowest BCUT2D eigenvalue weighted by Crippen LogP contribution is -2.27. The molecule has 0 spiro atoms. The first-order valence-corrected chi connectivity index (χ1v) is 9.56. The van der Waals surface area contributed by atoms with Gasteiger partial charge >= 0.3 is 0 Å². The quantitative estimate of drug-likeness (QED) is 0.483. The molecule has 1 aliphatic heterocycles. The highest BCUT2D eigenvalue weighted by molar-refractivity contribution is 5.98. The molecule has 3 heterocycles. The molecule has 150 valence electrons. The van der Waals surface area contributed by atoms with E-state index in [9.17, 15) is 9.59 Å². The Morgan fingerprint density at radius 1 is 1.17 bits per heavy atom. The van der Waals surface area contributed by atoms with Crippen LogP contribution in [0, 0.1) is 6.92 Å². The molecular formula is C23H19N3O4. The fraction of sp³-hybridized carbons (Fsp3) is 0.174. The number of hydrogen-bond donors (Lipinski definition) is 1. The number of nitrogens with zero attached hydrogens (tertiary/aromatic N) is 2. The number of H-pyrrole nitrogens is 1. The molecule has 30 heavy (non-hydrogen) atoms. The normalized spacial score (nSPS) is 14.7. The standard InChI is InChI=1S/C23H19N3O4/c1-12-24-22(28)19-18(14-8-10-15(29-3)11-9-14)20-21(30-23(19)25-12)16-6-4-5-7-17(16)26(20)13(2)27/h4-11,18H,1-3H3,(H,24,25,28). The number of aromatic nitrogens is 3. The molecule has 0 aliphatic carbocycles. The number of aromatic amines is 1. The lowest BCUT2D eigenvalue weighted by molar-refractivity contribution is 0.0937. The molecule has 0 fully saturated rings. The van der Waals surface area contributed by atoms with Crippen LogP contribution in [0.5, 0.6) is 17.4 Å². The number of nitrogens with one attached hydrogen (secondary N) is 1. The molecular weight excluding hydrogens is 382 g/mol. The fourth-order valence-electron chi connectivity index (χ4n) is 4.19. The zero-order valence-corrected chi connectivity index (χ0v) is 16.7. The highest BCUT2D eigenvalue weighted by atomic mass is 16.5. The van der Waals surface area contributed by atoms with Gasteiger partial charge in [-0.2, -0.15) is 4.98 Å². The molecule has 0 amide bonds. The fourth-order valence-corrected chi connectivity index (χ4v) is 4.19. The second-order valence-electron chi connectivity index (χ2n) is 7.26. The van der Waals surface area contributed by atoms with E-state index in [4.69, 9.17) is 9.47 Å². The van der Waals surface area contributed by atoms with Gasteiger partial charge in [0.05, 0.1) is 29.8 Å². The van der Waals surface area contributed by atoms with Crippen molar-refractivity contribution >= 4 is 16.8 Å². The van der Waals surface area contributed by atoms with Crippen LogP contribution in [0.25, 0.3) is 10.9 Å². The molecule has 2 aromatic heterocycles. The van der Waals surface area contributed by atoms with Crippen molar-refractivity contribution in [1.29, 1.82) is 0 Å². The lowest BCUT2D eigenvalue weighted by atomic mass is 9.87. The molecule has 0 radical (unpaired) electrons. The smallest absolute Gasteiger partial charge is 0.258 e. The number of fused-ring (bicyclic) bond motifs is 4. The summed E-state index contributed by atoms with van der Waals surface area (Å²) in [5.74, 6) is 1.29. The van der Waals surface area contributed by atoms with Gasteiger partial charge < -0.3 is 14.5 Å². The van der Waals surface area contributed by atoms with E-state index < -0.39 is 5.92 Å². The van der Waals surface area contributed by atoms with E-state index in [1.807, 2.05) is 48.5 Å². The van der Waals surface area contributed by atoms with E-state index in [2.05, 4.69) is 9.97 Å². The predicted molar refractivity (Wildman–Crippen MR) is 112 cm³/mol. The number of benzene rings is 2. The van der Waals surface area contributed by atoms with Crippen molar-refractivity contribution in [3.05, 3.63) is 81.5 Å². The Labute approximate surface area is 171 Å². The van der Waals surface area contributed by atoms with Crippen LogP contribution in [0.3, 0.4) is 0 Å². The summed E-state index contributed by atoms with van der Waals surface area (Å²) in [6.45, 7) is 3.22. The van der Waals surface area contributed by atoms with Gasteiger partial charge in [0.15, 0.2) is 5.75 Å². The maximum absolute atomic E-state index is 13.0. The van der Waals surface area contributed by atoms with Gasteiger partial charge in [0, 0.05) is 12.3 Å². The maximum atomic E-state index is 13.0. The second kappa shape index (κ2) is 6.59. The zero-order valence-electron chi connectivity index (χ0n) is 16.7. The monoisotopic (exact) mass is 401 g/mol.